The number of hydrogen-bond donors (Lipinski definition) is 3. The molecular formula is C11H19N5O2. The van der Waals surface area contributed by atoms with Crippen molar-refractivity contribution >= 4 is 17.6 Å². The molecule has 4 N–H and O–H groups in total. The lowest BCUT2D eigenvalue weighted by Crippen LogP contribution is -2.29. The second kappa shape index (κ2) is 6.75. The first-order chi connectivity index (χ1) is 8.60. The molecule has 0 amide bonds. The summed E-state index contributed by atoms with van der Waals surface area (Å²) in [6, 6.07) is 1.16. The largest absolute Gasteiger partial charge is 0.464 e. The number of rotatable bonds is 6. The molecule has 7 heteroatoms. The van der Waals surface area contributed by atoms with Crippen LogP contribution in [-0.2, 0) is 16.0 Å². The SMILES string of the molecule is CCOC(=O)C(C)Nc1cc(NN)nc(CC)n1. The van der Waals surface area contributed by atoms with Crippen molar-refractivity contribution < 1.29 is 9.53 Å². The van der Waals surface area contributed by atoms with Crippen LogP contribution in [0.25, 0.3) is 0 Å². The van der Waals surface area contributed by atoms with Gasteiger partial charge in [-0.3, -0.25) is 0 Å². The molecule has 1 aromatic heterocycles. The fourth-order valence-corrected chi connectivity index (χ4v) is 1.35. The van der Waals surface area contributed by atoms with Gasteiger partial charge < -0.3 is 15.5 Å². The van der Waals surface area contributed by atoms with Crippen LogP contribution in [-0.4, -0.2) is 28.6 Å². The van der Waals surface area contributed by atoms with E-state index in [1.54, 1.807) is 19.9 Å². The Balaban J connectivity index is 2.79. The second-order valence-electron chi connectivity index (χ2n) is 3.67. The van der Waals surface area contributed by atoms with Gasteiger partial charge in [-0.25, -0.2) is 20.6 Å². The molecule has 100 valence electrons. The molecule has 0 aliphatic heterocycles. The first kappa shape index (κ1) is 14.2. The van der Waals surface area contributed by atoms with Crippen molar-refractivity contribution in [1.29, 1.82) is 0 Å². The molecule has 1 atom stereocenters. The number of nitrogens with zero attached hydrogens (tertiary/aromatic N) is 2. The molecule has 1 aromatic rings. The minimum Gasteiger partial charge on any atom is -0.464 e. The van der Waals surface area contributed by atoms with Crippen LogP contribution >= 0.6 is 0 Å². The Kier molecular flexibility index (Phi) is 5.31. The molecule has 0 saturated heterocycles. The third-order valence-corrected chi connectivity index (χ3v) is 2.24. The number of anilines is 2. The number of nitrogens with two attached hydrogens (primary N) is 1. The number of hydrogen-bond acceptors (Lipinski definition) is 7. The van der Waals surface area contributed by atoms with Crippen molar-refractivity contribution in [3.05, 3.63) is 11.9 Å². The maximum Gasteiger partial charge on any atom is 0.328 e. The molecule has 1 unspecified atom stereocenters. The lowest BCUT2D eigenvalue weighted by atomic mass is 10.3. The molecule has 18 heavy (non-hydrogen) atoms. The first-order valence-corrected chi connectivity index (χ1v) is 5.88. The van der Waals surface area contributed by atoms with Gasteiger partial charge in [0.25, 0.3) is 0 Å². The van der Waals surface area contributed by atoms with Crippen molar-refractivity contribution in [3.8, 4) is 0 Å². The molecule has 0 radical (unpaired) electrons. The number of aromatic nitrogens is 2. The van der Waals surface area contributed by atoms with E-state index in [4.69, 9.17) is 10.6 Å². The highest BCUT2D eigenvalue weighted by Gasteiger charge is 2.14. The lowest BCUT2D eigenvalue weighted by Gasteiger charge is -2.14. The van der Waals surface area contributed by atoms with E-state index in [1.807, 2.05) is 6.92 Å². The summed E-state index contributed by atoms with van der Waals surface area (Å²) < 4.78 is 4.90. The summed E-state index contributed by atoms with van der Waals surface area (Å²) in [5.41, 5.74) is 2.46. The van der Waals surface area contributed by atoms with Crippen LogP contribution in [0.5, 0.6) is 0 Å². The normalized spacial score (nSPS) is 11.8. The predicted molar refractivity (Wildman–Crippen MR) is 68.9 cm³/mol. The highest BCUT2D eigenvalue weighted by Crippen LogP contribution is 2.12. The van der Waals surface area contributed by atoms with E-state index in [-0.39, 0.29) is 5.97 Å². The molecule has 0 aliphatic carbocycles. The monoisotopic (exact) mass is 253 g/mol. The Labute approximate surface area is 106 Å². The number of nitrogen functional groups attached to an aromatic ring is 1. The number of nitrogens with one attached hydrogen (secondary N) is 2. The van der Waals surface area contributed by atoms with Gasteiger partial charge in [0.1, 0.15) is 23.5 Å². The van der Waals surface area contributed by atoms with E-state index >= 15 is 0 Å². The minimum absolute atomic E-state index is 0.323. The Hall–Kier alpha value is -1.89. The van der Waals surface area contributed by atoms with Crippen LogP contribution < -0.4 is 16.6 Å². The molecule has 7 nitrogen and oxygen atoms in total. The summed E-state index contributed by atoms with van der Waals surface area (Å²) in [5.74, 6) is 6.68. The number of hydrazine groups is 1. The standard InChI is InChI=1S/C11H19N5O2/c1-4-8-14-9(6-10(15-8)16-12)13-7(3)11(17)18-5-2/h6-7H,4-5,12H2,1-3H3,(H2,13,14,15,16). The topological polar surface area (TPSA) is 102 Å². The van der Waals surface area contributed by atoms with Gasteiger partial charge in [0.05, 0.1) is 6.61 Å². The Bertz CT molecular complexity index is 388. The lowest BCUT2D eigenvalue weighted by molar-refractivity contribution is -0.143. The van der Waals surface area contributed by atoms with Crippen LogP contribution in [0.3, 0.4) is 0 Å². The number of carbonyl (C=O) groups excluding carboxylic acids is 1. The number of ether oxygens (including phenoxy) is 1. The van der Waals surface area contributed by atoms with Crippen molar-refractivity contribution in [3.63, 3.8) is 0 Å². The van der Waals surface area contributed by atoms with Gasteiger partial charge in [-0.05, 0) is 13.8 Å². The number of carbonyl (C=O) groups is 1. The minimum atomic E-state index is -0.477. The summed E-state index contributed by atoms with van der Waals surface area (Å²) in [7, 11) is 0. The molecule has 1 rings (SSSR count). The average molecular weight is 253 g/mol. The van der Waals surface area contributed by atoms with Crippen LogP contribution in [0, 0.1) is 0 Å². The van der Waals surface area contributed by atoms with Crippen LogP contribution in [0.4, 0.5) is 11.6 Å². The Morgan fingerprint density at radius 1 is 1.44 bits per heavy atom. The van der Waals surface area contributed by atoms with Crippen LogP contribution in [0.15, 0.2) is 6.07 Å². The maximum absolute atomic E-state index is 11.5. The van der Waals surface area contributed by atoms with Gasteiger partial charge >= 0.3 is 5.97 Å². The van der Waals surface area contributed by atoms with Gasteiger partial charge in [-0.1, -0.05) is 6.92 Å². The maximum atomic E-state index is 11.5. The zero-order valence-electron chi connectivity index (χ0n) is 10.9. The summed E-state index contributed by atoms with van der Waals surface area (Å²) in [5, 5.41) is 2.95. The fourth-order valence-electron chi connectivity index (χ4n) is 1.35. The quantitative estimate of drug-likeness (QED) is 0.389. The number of esters is 1. The molecular weight excluding hydrogens is 234 g/mol. The van der Waals surface area contributed by atoms with Crippen molar-refractivity contribution in [2.75, 3.05) is 17.3 Å². The van der Waals surface area contributed by atoms with Crippen molar-refractivity contribution in [2.24, 2.45) is 5.84 Å². The van der Waals surface area contributed by atoms with Gasteiger partial charge in [-0.15, -0.1) is 0 Å². The summed E-state index contributed by atoms with van der Waals surface area (Å²) in [6.45, 7) is 5.76. The Morgan fingerprint density at radius 2 is 2.11 bits per heavy atom. The molecule has 0 fully saturated rings. The number of aryl methyl sites for hydroxylation is 1. The zero-order chi connectivity index (χ0) is 13.5. The summed E-state index contributed by atoms with van der Waals surface area (Å²) in [4.78, 5) is 19.9. The van der Waals surface area contributed by atoms with E-state index in [2.05, 4.69) is 20.7 Å². The molecule has 0 bridgehead atoms. The molecule has 1 heterocycles. The molecule has 0 aliphatic rings. The van der Waals surface area contributed by atoms with Gasteiger partial charge in [0, 0.05) is 12.5 Å². The molecule has 0 saturated carbocycles. The highest BCUT2D eigenvalue weighted by atomic mass is 16.5. The van der Waals surface area contributed by atoms with Gasteiger partial charge in [0.15, 0.2) is 0 Å². The molecule has 0 aromatic carbocycles. The smallest absolute Gasteiger partial charge is 0.328 e. The summed E-state index contributed by atoms with van der Waals surface area (Å²) >= 11 is 0. The third-order valence-electron chi connectivity index (χ3n) is 2.24. The average Bonchev–Trinajstić information content (AvgIpc) is 2.38. The zero-order valence-corrected chi connectivity index (χ0v) is 10.9. The van der Waals surface area contributed by atoms with E-state index < -0.39 is 6.04 Å². The predicted octanol–water partition coefficient (Wildman–Crippen LogP) is 0.688. The van der Waals surface area contributed by atoms with Crippen LogP contribution in [0.2, 0.25) is 0 Å². The van der Waals surface area contributed by atoms with E-state index in [0.717, 1.165) is 0 Å². The molecule has 0 spiro atoms. The van der Waals surface area contributed by atoms with Crippen molar-refractivity contribution in [1.82, 2.24) is 9.97 Å². The Morgan fingerprint density at radius 3 is 2.67 bits per heavy atom. The van der Waals surface area contributed by atoms with E-state index in [9.17, 15) is 4.79 Å². The first-order valence-electron chi connectivity index (χ1n) is 5.88. The second-order valence-corrected chi connectivity index (χ2v) is 3.67. The van der Waals surface area contributed by atoms with Gasteiger partial charge in [-0.2, -0.15) is 0 Å². The van der Waals surface area contributed by atoms with Crippen molar-refractivity contribution in [2.45, 2.75) is 33.2 Å². The third kappa shape index (κ3) is 3.85. The van der Waals surface area contributed by atoms with Gasteiger partial charge in [0.2, 0.25) is 0 Å². The highest BCUT2D eigenvalue weighted by molar-refractivity contribution is 5.78. The summed E-state index contributed by atoms with van der Waals surface area (Å²) in [6.07, 6.45) is 0.679. The van der Waals surface area contributed by atoms with E-state index in [1.165, 1.54) is 0 Å². The van der Waals surface area contributed by atoms with E-state index in [0.29, 0.717) is 30.5 Å². The fraction of sp³-hybridized carbons (Fsp3) is 0.545. The van der Waals surface area contributed by atoms with Crippen LogP contribution in [0.1, 0.15) is 26.6 Å².